The zero-order valence-electron chi connectivity index (χ0n) is 12.1. The summed E-state index contributed by atoms with van der Waals surface area (Å²) in [5, 5.41) is 0. The minimum Gasteiger partial charge on any atom is -0.265 e. The van der Waals surface area contributed by atoms with Gasteiger partial charge in [-0.25, -0.2) is 12.7 Å². The van der Waals surface area contributed by atoms with Crippen LogP contribution < -0.4 is 0 Å². The van der Waals surface area contributed by atoms with Gasteiger partial charge in [0.1, 0.15) is 0 Å². The van der Waals surface area contributed by atoms with Crippen molar-refractivity contribution < 1.29 is 8.42 Å². The average Bonchev–Trinajstić information content (AvgIpc) is 2.52. The van der Waals surface area contributed by atoms with E-state index in [0.717, 1.165) is 11.1 Å². The van der Waals surface area contributed by atoms with Gasteiger partial charge in [0, 0.05) is 26.0 Å². The first-order chi connectivity index (χ1) is 10.1. The number of aromatic nitrogens is 1. The van der Waals surface area contributed by atoms with Gasteiger partial charge >= 0.3 is 0 Å². The Labute approximate surface area is 126 Å². The molecule has 0 radical (unpaired) electrons. The van der Waals surface area contributed by atoms with Crippen LogP contribution in [0.3, 0.4) is 0 Å². The van der Waals surface area contributed by atoms with Crippen LogP contribution in [0.5, 0.6) is 0 Å². The van der Waals surface area contributed by atoms with E-state index in [0.29, 0.717) is 19.4 Å². The molecular formula is C16H20N2O2S. The molecule has 4 nitrogen and oxygen atoms in total. The summed E-state index contributed by atoms with van der Waals surface area (Å²) in [4.78, 5) is 3.95. The van der Waals surface area contributed by atoms with Gasteiger partial charge in [-0.15, -0.1) is 0 Å². The Kier molecular flexibility index (Phi) is 5.47. The number of nitrogens with zero attached hydrogens (tertiary/aromatic N) is 2. The number of likely N-dealkylation sites (N-methyl/N-ethyl adjacent to an activating group) is 1. The molecule has 112 valence electrons. The first-order valence-electron chi connectivity index (χ1n) is 6.95. The number of aryl methyl sites for hydroxylation is 1. The molecule has 0 aliphatic rings. The predicted molar refractivity (Wildman–Crippen MR) is 84.5 cm³/mol. The lowest BCUT2D eigenvalue weighted by atomic mass is 10.2. The lowest BCUT2D eigenvalue weighted by Crippen LogP contribution is -2.31. The maximum Gasteiger partial charge on any atom is 0.214 e. The summed E-state index contributed by atoms with van der Waals surface area (Å²) in [6, 6.07) is 13.5. The first kappa shape index (κ1) is 15.7. The monoisotopic (exact) mass is 304 g/mol. The Morgan fingerprint density at radius 3 is 2.24 bits per heavy atom. The Hall–Kier alpha value is -1.72. The van der Waals surface area contributed by atoms with Gasteiger partial charge in [-0.05, 0) is 36.1 Å². The van der Waals surface area contributed by atoms with Crippen LogP contribution in [0.15, 0.2) is 54.9 Å². The molecule has 1 aromatic heterocycles. The van der Waals surface area contributed by atoms with E-state index >= 15 is 0 Å². The Morgan fingerprint density at radius 1 is 0.952 bits per heavy atom. The van der Waals surface area contributed by atoms with Crippen LogP contribution in [0.4, 0.5) is 0 Å². The summed E-state index contributed by atoms with van der Waals surface area (Å²) in [6.45, 7) is 0.487. The van der Waals surface area contributed by atoms with Gasteiger partial charge in [-0.2, -0.15) is 0 Å². The number of benzene rings is 1. The SMILES string of the molecule is CN(CCc1ccncc1)S(=O)(=O)CCc1ccccc1. The van der Waals surface area contributed by atoms with E-state index in [2.05, 4.69) is 4.98 Å². The maximum absolute atomic E-state index is 12.2. The van der Waals surface area contributed by atoms with Crippen molar-refractivity contribution in [3.8, 4) is 0 Å². The number of pyridine rings is 1. The molecule has 0 aliphatic carbocycles. The van der Waals surface area contributed by atoms with E-state index in [9.17, 15) is 8.42 Å². The molecular weight excluding hydrogens is 284 g/mol. The third-order valence-corrected chi connectivity index (χ3v) is 5.28. The Morgan fingerprint density at radius 2 is 1.57 bits per heavy atom. The molecule has 0 amide bonds. The second-order valence-corrected chi connectivity index (χ2v) is 7.17. The van der Waals surface area contributed by atoms with Crippen LogP contribution in [0, 0.1) is 0 Å². The molecule has 0 saturated carbocycles. The van der Waals surface area contributed by atoms with Gasteiger partial charge in [0.25, 0.3) is 0 Å². The molecule has 1 heterocycles. The highest BCUT2D eigenvalue weighted by atomic mass is 32.2. The molecule has 0 saturated heterocycles. The lowest BCUT2D eigenvalue weighted by molar-refractivity contribution is 0.472. The molecule has 5 heteroatoms. The standard InChI is InChI=1S/C16H20N2O2S/c1-18(13-9-16-7-11-17-12-8-16)21(19,20)14-10-15-5-3-2-4-6-15/h2-8,11-12H,9-10,13-14H2,1H3. The van der Waals surface area contributed by atoms with Crippen LogP contribution in [0.25, 0.3) is 0 Å². The highest BCUT2D eigenvalue weighted by Gasteiger charge is 2.17. The first-order valence-corrected chi connectivity index (χ1v) is 8.56. The zero-order valence-corrected chi connectivity index (χ0v) is 13.0. The van der Waals surface area contributed by atoms with Gasteiger partial charge in [0.05, 0.1) is 5.75 Å². The van der Waals surface area contributed by atoms with Crippen molar-refractivity contribution in [1.29, 1.82) is 0 Å². The largest absolute Gasteiger partial charge is 0.265 e. The molecule has 2 rings (SSSR count). The number of sulfonamides is 1. The second kappa shape index (κ2) is 7.33. The van der Waals surface area contributed by atoms with Crippen molar-refractivity contribution in [3.63, 3.8) is 0 Å². The van der Waals surface area contributed by atoms with Gasteiger partial charge in [-0.1, -0.05) is 30.3 Å². The summed E-state index contributed by atoms with van der Waals surface area (Å²) in [6.07, 6.45) is 4.69. The third-order valence-electron chi connectivity index (χ3n) is 3.43. The topological polar surface area (TPSA) is 50.3 Å². The van der Waals surface area contributed by atoms with Crippen molar-refractivity contribution in [2.45, 2.75) is 12.8 Å². The van der Waals surface area contributed by atoms with E-state index in [1.807, 2.05) is 42.5 Å². The van der Waals surface area contributed by atoms with E-state index in [1.54, 1.807) is 19.4 Å². The molecule has 0 fully saturated rings. The summed E-state index contributed by atoms with van der Waals surface area (Å²) < 4.78 is 25.9. The maximum atomic E-state index is 12.2. The summed E-state index contributed by atoms with van der Waals surface area (Å²) in [5.41, 5.74) is 2.14. The molecule has 1 aromatic carbocycles. The molecule has 0 bridgehead atoms. The Balaban J connectivity index is 1.87. The minimum atomic E-state index is -3.21. The van der Waals surface area contributed by atoms with Gasteiger partial charge in [-0.3, -0.25) is 4.98 Å². The van der Waals surface area contributed by atoms with Crippen molar-refractivity contribution in [2.24, 2.45) is 0 Å². The predicted octanol–water partition coefficient (Wildman–Crippen LogP) is 2.13. The van der Waals surface area contributed by atoms with E-state index in [1.165, 1.54) is 4.31 Å². The molecule has 0 spiro atoms. The minimum absolute atomic E-state index is 0.143. The zero-order chi connectivity index (χ0) is 15.1. The molecule has 0 unspecified atom stereocenters. The molecule has 0 N–H and O–H groups in total. The van der Waals surface area contributed by atoms with Crippen molar-refractivity contribution >= 4 is 10.0 Å². The highest BCUT2D eigenvalue weighted by molar-refractivity contribution is 7.89. The number of hydrogen-bond acceptors (Lipinski definition) is 3. The van der Waals surface area contributed by atoms with E-state index < -0.39 is 10.0 Å². The van der Waals surface area contributed by atoms with Crippen LogP contribution in [-0.4, -0.2) is 37.1 Å². The fraction of sp³-hybridized carbons (Fsp3) is 0.312. The summed E-state index contributed by atoms with van der Waals surface area (Å²) in [5.74, 6) is 0.143. The van der Waals surface area contributed by atoms with Gasteiger partial charge in [0.2, 0.25) is 10.0 Å². The van der Waals surface area contributed by atoms with Crippen molar-refractivity contribution in [1.82, 2.24) is 9.29 Å². The quantitative estimate of drug-likeness (QED) is 0.787. The number of rotatable bonds is 7. The fourth-order valence-corrected chi connectivity index (χ4v) is 3.20. The third kappa shape index (κ3) is 4.95. The van der Waals surface area contributed by atoms with Crippen LogP contribution in [0.2, 0.25) is 0 Å². The van der Waals surface area contributed by atoms with Crippen LogP contribution in [-0.2, 0) is 22.9 Å². The number of hydrogen-bond donors (Lipinski definition) is 0. The van der Waals surface area contributed by atoms with Crippen molar-refractivity contribution in [3.05, 3.63) is 66.0 Å². The lowest BCUT2D eigenvalue weighted by Gasteiger charge is -2.17. The van der Waals surface area contributed by atoms with Crippen LogP contribution in [0.1, 0.15) is 11.1 Å². The Bertz CT molecular complexity index is 642. The van der Waals surface area contributed by atoms with Crippen molar-refractivity contribution in [2.75, 3.05) is 19.3 Å². The van der Waals surface area contributed by atoms with Crippen LogP contribution >= 0.6 is 0 Å². The normalized spacial score (nSPS) is 11.7. The molecule has 21 heavy (non-hydrogen) atoms. The molecule has 0 aliphatic heterocycles. The van der Waals surface area contributed by atoms with E-state index in [-0.39, 0.29) is 5.75 Å². The second-order valence-electron chi connectivity index (χ2n) is 4.98. The summed E-state index contributed by atoms with van der Waals surface area (Å²) in [7, 11) is -1.57. The van der Waals surface area contributed by atoms with Gasteiger partial charge < -0.3 is 0 Å². The molecule has 2 aromatic rings. The summed E-state index contributed by atoms with van der Waals surface area (Å²) >= 11 is 0. The highest BCUT2D eigenvalue weighted by Crippen LogP contribution is 2.07. The average molecular weight is 304 g/mol. The fourth-order valence-electron chi connectivity index (χ4n) is 2.02. The molecule has 0 atom stereocenters. The smallest absolute Gasteiger partial charge is 0.214 e. The van der Waals surface area contributed by atoms with E-state index in [4.69, 9.17) is 0 Å². The van der Waals surface area contributed by atoms with Gasteiger partial charge in [0.15, 0.2) is 0 Å².